The normalized spacial score (nSPS) is 13.5. The van der Waals surface area contributed by atoms with E-state index in [4.69, 9.17) is 5.11 Å². The van der Waals surface area contributed by atoms with E-state index in [1.54, 1.807) is 11.3 Å². The molecule has 4 heteroatoms. The molecule has 2 N–H and O–H groups in total. The monoisotopic (exact) mass is 228 g/mol. The molecule has 1 atom stereocenters. The maximum absolute atomic E-state index is 9.15. The van der Waals surface area contributed by atoms with Gasteiger partial charge < -0.3 is 10.4 Å². The van der Waals surface area contributed by atoms with Crippen LogP contribution in [0.1, 0.15) is 29.4 Å². The highest BCUT2D eigenvalue weighted by molar-refractivity contribution is 7.11. The third-order valence-corrected chi connectivity index (χ3v) is 3.66. The van der Waals surface area contributed by atoms with Crippen LogP contribution >= 0.6 is 11.3 Å². The Morgan fingerprint density at radius 3 is 2.47 bits per heavy atom. The van der Waals surface area contributed by atoms with E-state index in [1.165, 1.54) is 4.88 Å². The lowest BCUT2D eigenvalue weighted by atomic mass is 10.1. The van der Waals surface area contributed by atoms with Gasteiger partial charge in [0.25, 0.3) is 0 Å². The molecule has 0 bridgehead atoms. The van der Waals surface area contributed by atoms with E-state index in [9.17, 15) is 0 Å². The molecule has 0 saturated heterocycles. The molecule has 0 aliphatic carbocycles. The van der Waals surface area contributed by atoms with E-state index in [1.807, 2.05) is 6.92 Å². The van der Waals surface area contributed by atoms with E-state index >= 15 is 0 Å². The standard InChI is InChI=1S/C11H20N2OS/c1-7(2)10(6-14)12-5-11-13-8(3)9(4)15-11/h7,10,12,14H,5-6H2,1-4H3. The van der Waals surface area contributed by atoms with Crippen molar-refractivity contribution in [2.24, 2.45) is 5.92 Å². The van der Waals surface area contributed by atoms with Crippen LogP contribution in [-0.2, 0) is 6.54 Å². The molecule has 1 heterocycles. The van der Waals surface area contributed by atoms with Crippen molar-refractivity contribution < 1.29 is 5.11 Å². The molecule has 15 heavy (non-hydrogen) atoms. The van der Waals surface area contributed by atoms with E-state index in [0.717, 1.165) is 17.2 Å². The van der Waals surface area contributed by atoms with Crippen molar-refractivity contribution in [3.8, 4) is 0 Å². The molecule has 0 aliphatic heterocycles. The fourth-order valence-corrected chi connectivity index (χ4v) is 2.23. The number of thiazole rings is 1. The highest BCUT2D eigenvalue weighted by Gasteiger charge is 2.12. The molecule has 1 aromatic heterocycles. The molecule has 3 nitrogen and oxygen atoms in total. The number of aliphatic hydroxyl groups excluding tert-OH is 1. The summed E-state index contributed by atoms with van der Waals surface area (Å²) in [5.74, 6) is 0.442. The fourth-order valence-electron chi connectivity index (χ4n) is 1.34. The van der Waals surface area contributed by atoms with Crippen molar-refractivity contribution in [3.63, 3.8) is 0 Å². The minimum Gasteiger partial charge on any atom is -0.395 e. The van der Waals surface area contributed by atoms with Crippen molar-refractivity contribution in [3.05, 3.63) is 15.6 Å². The third-order valence-electron chi connectivity index (χ3n) is 2.59. The number of aromatic nitrogens is 1. The molecule has 1 unspecified atom stereocenters. The summed E-state index contributed by atoms with van der Waals surface area (Å²) in [5, 5.41) is 13.6. The lowest BCUT2D eigenvalue weighted by Crippen LogP contribution is -2.36. The zero-order valence-electron chi connectivity index (χ0n) is 9.87. The summed E-state index contributed by atoms with van der Waals surface area (Å²) in [7, 11) is 0. The van der Waals surface area contributed by atoms with Crippen LogP contribution in [0.2, 0.25) is 0 Å². The van der Waals surface area contributed by atoms with Gasteiger partial charge in [0.2, 0.25) is 0 Å². The van der Waals surface area contributed by atoms with E-state index in [2.05, 4.69) is 31.1 Å². The van der Waals surface area contributed by atoms with Gasteiger partial charge in [0.15, 0.2) is 0 Å². The predicted molar refractivity (Wildman–Crippen MR) is 64.1 cm³/mol. The first-order valence-corrected chi connectivity index (χ1v) is 6.13. The van der Waals surface area contributed by atoms with Crippen molar-refractivity contribution >= 4 is 11.3 Å². The summed E-state index contributed by atoms with van der Waals surface area (Å²) in [4.78, 5) is 5.73. The maximum Gasteiger partial charge on any atom is 0.107 e. The Morgan fingerprint density at radius 2 is 2.07 bits per heavy atom. The van der Waals surface area contributed by atoms with Crippen LogP contribution in [0.5, 0.6) is 0 Å². The van der Waals surface area contributed by atoms with Crippen molar-refractivity contribution in [2.75, 3.05) is 6.61 Å². The number of hydrogen-bond donors (Lipinski definition) is 2. The summed E-state index contributed by atoms with van der Waals surface area (Å²) >= 11 is 1.72. The van der Waals surface area contributed by atoms with Gasteiger partial charge in [-0.3, -0.25) is 0 Å². The molecule has 0 radical (unpaired) electrons. The van der Waals surface area contributed by atoms with Gasteiger partial charge in [-0.2, -0.15) is 0 Å². The molecule has 1 aromatic rings. The molecule has 0 spiro atoms. The summed E-state index contributed by atoms with van der Waals surface area (Å²) in [6.07, 6.45) is 0. The average molecular weight is 228 g/mol. The highest BCUT2D eigenvalue weighted by Crippen LogP contribution is 2.16. The van der Waals surface area contributed by atoms with Crippen LogP contribution in [0.3, 0.4) is 0 Å². The van der Waals surface area contributed by atoms with Gasteiger partial charge in [-0.05, 0) is 19.8 Å². The minimum absolute atomic E-state index is 0.162. The molecule has 0 aromatic carbocycles. The Kier molecular flexibility index (Phi) is 4.70. The number of aliphatic hydroxyl groups is 1. The van der Waals surface area contributed by atoms with E-state index in [0.29, 0.717) is 5.92 Å². The molecular weight excluding hydrogens is 208 g/mol. The molecule has 0 aliphatic rings. The van der Waals surface area contributed by atoms with Crippen molar-refractivity contribution in [2.45, 2.75) is 40.3 Å². The predicted octanol–water partition coefficient (Wildman–Crippen LogP) is 1.87. The zero-order valence-corrected chi connectivity index (χ0v) is 10.7. The number of aryl methyl sites for hydroxylation is 2. The average Bonchev–Trinajstić information content (AvgIpc) is 2.47. The lowest BCUT2D eigenvalue weighted by Gasteiger charge is -2.18. The van der Waals surface area contributed by atoms with Crippen LogP contribution < -0.4 is 5.32 Å². The van der Waals surface area contributed by atoms with Gasteiger partial charge in [-0.25, -0.2) is 4.98 Å². The maximum atomic E-state index is 9.15. The van der Waals surface area contributed by atoms with Crippen molar-refractivity contribution in [1.29, 1.82) is 0 Å². The smallest absolute Gasteiger partial charge is 0.107 e. The second-order valence-corrected chi connectivity index (χ2v) is 5.45. The summed E-state index contributed by atoms with van der Waals surface area (Å²) < 4.78 is 0. The summed E-state index contributed by atoms with van der Waals surface area (Å²) in [6, 6.07) is 0.162. The Balaban J connectivity index is 2.49. The second kappa shape index (κ2) is 5.58. The summed E-state index contributed by atoms with van der Waals surface area (Å²) in [5.41, 5.74) is 1.11. The van der Waals surface area contributed by atoms with Crippen LogP contribution in [-0.4, -0.2) is 22.7 Å². The molecular formula is C11H20N2OS. The largest absolute Gasteiger partial charge is 0.395 e. The SMILES string of the molecule is Cc1nc(CNC(CO)C(C)C)sc1C. The van der Waals surface area contributed by atoms with Gasteiger partial charge in [-0.15, -0.1) is 11.3 Å². The summed E-state index contributed by atoms with van der Waals surface area (Å²) in [6.45, 7) is 9.26. The van der Waals surface area contributed by atoms with Crippen molar-refractivity contribution in [1.82, 2.24) is 10.3 Å². The van der Waals surface area contributed by atoms with Crippen LogP contribution in [0.15, 0.2) is 0 Å². The first-order chi connectivity index (χ1) is 7.04. The van der Waals surface area contributed by atoms with Gasteiger partial charge in [0.1, 0.15) is 5.01 Å². The first kappa shape index (κ1) is 12.6. The number of rotatable bonds is 5. The van der Waals surface area contributed by atoms with E-state index in [-0.39, 0.29) is 12.6 Å². The molecule has 0 saturated carbocycles. The van der Waals surface area contributed by atoms with Gasteiger partial charge in [0, 0.05) is 17.5 Å². The van der Waals surface area contributed by atoms with Gasteiger partial charge in [-0.1, -0.05) is 13.8 Å². The number of nitrogens with one attached hydrogen (secondary N) is 1. The highest BCUT2D eigenvalue weighted by atomic mass is 32.1. The van der Waals surface area contributed by atoms with E-state index < -0.39 is 0 Å². The topological polar surface area (TPSA) is 45.2 Å². The number of nitrogens with zero attached hydrogens (tertiary/aromatic N) is 1. The Hall–Kier alpha value is -0.450. The van der Waals surface area contributed by atoms with Gasteiger partial charge >= 0.3 is 0 Å². The van der Waals surface area contributed by atoms with Crippen LogP contribution in [0.4, 0.5) is 0 Å². The second-order valence-electron chi connectivity index (χ2n) is 4.16. The molecule has 86 valence electrons. The minimum atomic E-state index is 0.162. The van der Waals surface area contributed by atoms with Crippen LogP contribution in [0, 0.1) is 19.8 Å². The third kappa shape index (κ3) is 3.55. The molecule has 0 amide bonds. The first-order valence-electron chi connectivity index (χ1n) is 5.31. The zero-order chi connectivity index (χ0) is 11.4. The molecule has 1 rings (SSSR count). The fraction of sp³-hybridized carbons (Fsp3) is 0.727. The van der Waals surface area contributed by atoms with Gasteiger partial charge in [0.05, 0.1) is 12.3 Å². The Bertz CT molecular complexity index is 290. The lowest BCUT2D eigenvalue weighted by molar-refractivity contribution is 0.210. The Morgan fingerprint density at radius 1 is 1.40 bits per heavy atom. The number of hydrogen-bond acceptors (Lipinski definition) is 4. The Labute approximate surface area is 95.6 Å². The van der Waals surface area contributed by atoms with Crippen LogP contribution in [0.25, 0.3) is 0 Å². The molecule has 0 fully saturated rings. The quantitative estimate of drug-likeness (QED) is 0.808.